The summed E-state index contributed by atoms with van der Waals surface area (Å²) in [6.07, 6.45) is 0.183. The molecule has 0 aliphatic carbocycles. The standard InChI is InChI=1S/C14H11Cl2NO/c15-12-2-1-3-13(16)11(12)8-14(18)9-4-6-10(17)7-5-9/h1-7H,8,17H2. The Kier molecular flexibility index (Phi) is 3.90. The molecule has 0 unspecified atom stereocenters. The molecular weight excluding hydrogens is 269 g/mol. The second kappa shape index (κ2) is 5.42. The van der Waals surface area contributed by atoms with Crippen molar-refractivity contribution in [1.29, 1.82) is 0 Å². The summed E-state index contributed by atoms with van der Waals surface area (Å²) in [6, 6.07) is 12.0. The molecule has 18 heavy (non-hydrogen) atoms. The van der Waals surface area contributed by atoms with Crippen molar-refractivity contribution in [2.75, 3.05) is 5.73 Å². The van der Waals surface area contributed by atoms with Crippen LogP contribution in [0.5, 0.6) is 0 Å². The number of benzene rings is 2. The Bertz CT molecular complexity index is 559. The lowest BCUT2D eigenvalue weighted by atomic mass is 10.0. The molecule has 0 aliphatic rings. The van der Waals surface area contributed by atoms with Crippen LogP contribution in [0.1, 0.15) is 15.9 Å². The van der Waals surface area contributed by atoms with E-state index in [1.807, 2.05) is 0 Å². The lowest BCUT2D eigenvalue weighted by Gasteiger charge is -2.06. The third-order valence-corrected chi connectivity index (χ3v) is 3.34. The first-order valence-corrected chi connectivity index (χ1v) is 6.15. The van der Waals surface area contributed by atoms with Crippen LogP contribution in [0.3, 0.4) is 0 Å². The van der Waals surface area contributed by atoms with Crippen LogP contribution in [0.25, 0.3) is 0 Å². The average Bonchev–Trinajstić information content (AvgIpc) is 2.34. The van der Waals surface area contributed by atoms with Crippen LogP contribution in [0, 0.1) is 0 Å². The molecule has 0 saturated heterocycles. The van der Waals surface area contributed by atoms with Gasteiger partial charge in [0.1, 0.15) is 0 Å². The number of Topliss-reactive ketones (excluding diaryl/α,β-unsaturated/α-hetero) is 1. The number of nitrogens with two attached hydrogens (primary N) is 1. The molecule has 0 amide bonds. The molecule has 4 heteroatoms. The van der Waals surface area contributed by atoms with Crippen LogP contribution in [0.4, 0.5) is 5.69 Å². The first-order valence-electron chi connectivity index (χ1n) is 5.39. The van der Waals surface area contributed by atoms with Crippen molar-refractivity contribution in [2.24, 2.45) is 0 Å². The summed E-state index contributed by atoms with van der Waals surface area (Å²) in [4.78, 5) is 12.1. The van der Waals surface area contributed by atoms with E-state index in [0.29, 0.717) is 26.9 Å². The summed E-state index contributed by atoms with van der Waals surface area (Å²) in [5, 5.41) is 1.01. The van der Waals surface area contributed by atoms with Gasteiger partial charge in [0, 0.05) is 27.7 Å². The highest BCUT2D eigenvalue weighted by Crippen LogP contribution is 2.25. The number of anilines is 1. The molecular formula is C14H11Cl2NO. The SMILES string of the molecule is Nc1ccc(C(=O)Cc2c(Cl)cccc2Cl)cc1. The average molecular weight is 280 g/mol. The Labute approximate surface area is 115 Å². The first-order chi connectivity index (χ1) is 8.58. The summed E-state index contributed by atoms with van der Waals surface area (Å²) in [6.45, 7) is 0. The van der Waals surface area contributed by atoms with Crippen molar-refractivity contribution in [3.8, 4) is 0 Å². The molecule has 0 atom stereocenters. The molecule has 0 bridgehead atoms. The highest BCUT2D eigenvalue weighted by molar-refractivity contribution is 6.36. The fourth-order valence-electron chi connectivity index (χ4n) is 1.63. The normalized spacial score (nSPS) is 10.3. The van der Waals surface area contributed by atoms with E-state index in [9.17, 15) is 4.79 Å². The molecule has 0 fully saturated rings. The predicted octanol–water partition coefficient (Wildman–Crippen LogP) is 4.00. The Morgan fingerprint density at radius 2 is 1.56 bits per heavy atom. The molecule has 2 rings (SSSR count). The largest absolute Gasteiger partial charge is 0.399 e. The maximum absolute atomic E-state index is 12.1. The van der Waals surface area contributed by atoms with E-state index in [1.165, 1.54) is 0 Å². The fraction of sp³-hybridized carbons (Fsp3) is 0.0714. The van der Waals surface area contributed by atoms with Gasteiger partial charge < -0.3 is 5.73 Å². The van der Waals surface area contributed by atoms with Crippen LogP contribution in [0.2, 0.25) is 10.0 Å². The van der Waals surface area contributed by atoms with Gasteiger partial charge in [-0.3, -0.25) is 4.79 Å². The lowest BCUT2D eigenvalue weighted by Crippen LogP contribution is -2.04. The van der Waals surface area contributed by atoms with E-state index in [-0.39, 0.29) is 12.2 Å². The number of halogens is 2. The Hall–Kier alpha value is -1.51. The maximum Gasteiger partial charge on any atom is 0.167 e. The predicted molar refractivity (Wildman–Crippen MR) is 75.4 cm³/mol. The fourth-order valence-corrected chi connectivity index (χ4v) is 2.16. The van der Waals surface area contributed by atoms with Gasteiger partial charge in [0.25, 0.3) is 0 Å². The summed E-state index contributed by atoms with van der Waals surface area (Å²) >= 11 is 12.1. The van der Waals surface area contributed by atoms with Crippen molar-refractivity contribution >= 4 is 34.7 Å². The summed E-state index contributed by atoms with van der Waals surface area (Å²) in [7, 11) is 0. The summed E-state index contributed by atoms with van der Waals surface area (Å²) < 4.78 is 0. The van der Waals surface area contributed by atoms with Crippen LogP contribution < -0.4 is 5.73 Å². The smallest absolute Gasteiger partial charge is 0.167 e. The van der Waals surface area contributed by atoms with Gasteiger partial charge in [0.05, 0.1) is 0 Å². The minimum atomic E-state index is -0.0370. The molecule has 92 valence electrons. The molecule has 0 heterocycles. The topological polar surface area (TPSA) is 43.1 Å². The Morgan fingerprint density at radius 3 is 2.11 bits per heavy atom. The zero-order valence-corrected chi connectivity index (χ0v) is 11.0. The third kappa shape index (κ3) is 2.84. The van der Waals surface area contributed by atoms with E-state index in [0.717, 1.165) is 0 Å². The van der Waals surface area contributed by atoms with Crippen LogP contribution in [0.15, 0.2) is 42.5 Å². The number of carbonyl (C=O) groups excluding carboxylic acids is 1. The highest BCUT2D eigenvalue weighted by Gasteiger charge is 2.12. The first kappa shape index (κ1) is 12.9. The number of rotatable bonds is 3. The lowest BCUT2D eigenvalue weighted by molar-refractivity contribution is 0.0993. The van der Waals surface area contributed by atoms with Crippen molar-refractivity contribution in [2.45, 2.75) is 6.42 Å². The number of carbonyl (C=O) groups is 1. The van der Waals surface area contributed by atoms with E-state index in [2.05, 4.69) is 0 Å². The van der Waals surface area contributed by atoms with Crippen molar-refractivity contribution in [1.82, 2.24) is 0 Å². The molecule has 2 aromatic carbocycles. The molecule has 2 nitrogen and oxygen atoms in total. The zero-order chi connectivity index (χ0) is 13.1. The second-order valence-corrected chi connectivity index (χ2v) is 4.74. The Morgan fingerprint density at radius 1 is 1.00 bits per heavy atom. The molecule has 0 aromatic heterocycles. The maximum atomic E-state index is 12.1. The molecule has 0 radical (unpaired) electrons. The summed E-state index contributed by atoms with van der Waals surface area (Å²) in [5.41, 5.74) is 7.45. The zero-order valence-electron chi connectivity index (χ0n) is 9.49. The molecule has 2 aromatic rings. The summed E-state index contributed by atoms with van der Waals surface area (Å²) in [5.74, 6) is -0.0370. The van der Waals surface area contributed by atoms with Gasteiger partial charge in [-0.15, -0.1) is 0 Å². The molecule has 2 N–H and O–H groups in total. The number of nitrogen functional groups attached to an aromatic ring is 1. The van der Waals surface area contributed by atoms with E-state index >= 15 is 0 Å². The van der Waals surface area contributed by atoms with Gasteiger partial charge in [0.2, 0.25) is 0 Å². The minimum Gasteiger partial charge on any atom is -0.399 e. The number of hydrogen-bond acceptors (Lipinski definition) is 2. The van der Waals surface area contributed by atoms with Crippen molar-refractivity contribution in [3.05, 3.63) is 63.6 Å². The van der Waals surface area contributed by atoms with E-state index in [4.69, 9.17) is 28.9 Å². The second-order valence-electron chi connectivity index (χ2n) is 3.92. The molecule has 0 saturated carbocycles. The molecule has 0 aliphatic heterocycles. The van der Waals surface area contributed by atoms with Gasteiger partial charge >= 0.3 is 0 Å². The van der Waals surface area contributed by atoms with Gasteiger partial charge in [-0.1, -0.05) is 29.3 Å². The number of hydrogen-bond donors (Lipinski definition) is 1. The van der Waals surface area contributed by atoms with E-state index in [1.54, 1.807) is 42.5 Å². The quantitative estimate of drug-likeness (QED) is 0.682. The van der Waals surface area contributed by atoms with Gasteiger partial charge in [-0.05, 0) is 42.0 Å². The highest BCUT2D eigenvalue weighted by atomic mass is 35.5. The third-order valence-electron chi connectivity index (χ3n) is 2.63. The minimum absolute atomic E-state index is 0.0370. The number of ketones is 1. The van der Waals surface area contributed by atoms with Crippen LogP contribution >= 0.6 is 23.2 Å². The van der Waals surface area contributed by atoms with Crippen molar-refractivity contribution in [3.63, 3.8) is 0 Å². The van der Waals surface area contributed by atoms with Crippen LogP contribution in [-0.2, 0) is 6.42 Å². The van der Waals surface area contributed by atoms with Gasteiger partial charge in [-0.25, -0.2) is 0 Å². The van der Waals surface area contributed by atoms with Gasteiger partial charge in [0.15, 0.2) is 5.78 Å². The Balaban J connectivity index is 2.24. The van der Waals surface area contributed by atoms with Crippen molar-refractivity contribution < 1.29 is 4.79 Å². The monoisotopic (exact) mass is 279 g/mol. The van der Waals surface area contributed by atoms with Crippen LogP contribution in [-0.4, -0.2) is 5.78 Å². The molecule has 0 spiro atoms. The van der Waals surface area contributed by atoms with Gasteiger partial charge in [-0.2, -0.15) is 0 Å². The van der Waals surface area contributed by atoms with E-state index < -0.39 is 0 Å².